The van der Waals surface area contributed by atoms with Gasteiger partial charge < -0.3 is 10.4 Å². The summed E-state index contributed by atoms with van der Waals surface area (Å²) in [4.78, 5) is 11.5. The van der Waals surface area contributed by atoms with Crippen LogP contribution in [-0.4, -0.2) is 23.7 Å². The normalized spacial score (nSPS) is 13.5. The second-order valence-electron chi connectivity index (χ2n) is 5.79. The first-order chi connectivity index (χ1) is 7.87. The van der Waals surface area contributed by atoms with Crippen LogP contribution in [0, 0.1) is 5.41 Å². The zero-order valence-corrected chi connectivity index (χ0v) is 11.9. The van der Waals surface area contributed by atoms with Crippen molar-refractivity contribution in [3.8, 4) is 0 Å². The number of hydrogen-bond donors (Lipinski definition) is 2. The van der Waals surface area contributed by atoms with Crippen LogP contribution in [0.5, 0.6) is 0 Å². The fourth-order valence-corrected chi connectivity index (χ4v) is 1.71. The zero-order valence-electron chi connectivity index (χ0n) is 11.9. The predicted molar refractivity (Wildman–Crippen MR) is 71.8 cm³/mol. The number of hydrogen-bond acceptors (Lipinski definition) is 2. The smallest absolute Gasteiger partial charge is 0.220 e. The fraction of sp³-hybridized carbons (Fsp3) is 0.929. The number of carbonyl (C=O) groups excluding carboxylic acids is 1. The van der Waals surface area contributed by atoms with Gasteiger partial charge in [-0.3, -0.25) is 4.79 Å². The molecule has 0 aliphatic carbocycles. The maximum Gasteiger partial charge on any atom is 0.220 e. The molecule has 0 aliphatic heterocycles. The predicted octanol–water partition coefficient (Wildman–Crippen LogP) is 2.87. The summed E-state index contributed by atoms with van der Waals surface area (Å²) in [6.45, 7) is 9.03. The van der Waals surface area contributed by atoms with E-state index in [0.717, 1.165) is 13.0 Å². The fourth-order valence-electron chi connectivity index (χ4n) is 1.71. The molecule has 3 nitrogen and oxygen atoms in total. The summed E-state index contributed by atoms with van der Waals surface area (Å²) < 4.78 is 0. The van der Waals surface area contributed by atoms with Crippen molar-refractivity contribution in [3.05, 3.63) is 0 Å². The third kappa shape index (κ3) is 10.3. The van der Waals surface area contributed by atoms with Gasteiger partial charge >= 0.3 is 0 Å². The van der Waals surface area contributed by atoms with Crippen molar-refractivity contribution in [2.75, 3.05) is 6.54 Å². The summed E-state index contributed by atoms with van der Waals surface area (Å²) in [5, 5.41) is 12.0. The quantitative estimate of drug-likeness (QED) is 0.612. The Kier molecular flexibility index (Phi) is 8.23. The van der Waals surface area contributed by atoms with Gasteiger partial charge in [0.25, 0.3) is 0 Å². The van der Waals surface area contributed by atoms with Gasteiger partial charge in [0.15, 0.2) is 0 Å². The molecule has 0 aromatic carbocycles. The van der Waals surface area contributed by atoms with E-state index in [0.29, 0.717) is 12.8 Å². The lowest BCUT2D eigenvalue weighted by atomic mass is 9.87. The third-order valence-corrected chi connectivity index (χ3v) is 3.01. The van der Waals surface area contributed by atoms with Crippen LogP contribution in [0.15, 0.2) is 0 Å². The van der Waals surface area contributed by atoms with Crippen LogP contribution < -0.4 is 5.32 Å². The van der Waals surface area contributed by atoms with Crippen LogP contribution in [0.25, 0.3) is 0 Å². The van der Waals surface area contributed by atoms with Crippen LogP contribution in [0.1, 0.15) is 66.2 Å². The number of carbonyl (C=O) groups is 1. The molecule has 0 fully saturated rings. The second kappa shape index (κ2) is 8.51. The van der Waals surface area contributed by atoms with E-state index in [1.165, 1.54) is 19.3 Å². The molecule has 0 aromatic rings. The van der Waals surface area contributed by atoms with E-state index in [9.17, 15) is 4.79 Å². The standard InChI is InChI=1S/C14H29NO2/c1-5-6-7-10-14(3,4)11-15-13(17)9-8-12(2)16/h12,16H,5-11H2,1-4H3,(H,15,17). The Labute approximate surface area is 106 Å². The summed E-state index contributed by atoms with van der Waals surface area (Å²) in [6.07, 6.45) is 5.45. The number of rotatable bonds is 9. The summed E-state index contributed by atoms with van der Waals surface area (Å²) >= 11 is 0. The van der Waals surface area contributed by atoms with Crippen molar-refractivity contribution in [2.45, 2.75) is 72.3 Å². The Hall–Kier alpha value is -0.570. The summed E-state index contributed by atoms with van der Waals surface area (Å²) in [5.41, 5.74) is 0.176. The highest BCUT2D eigenvalue weighted by molar-refractivity contribution is 5.75. The van der Waals surface area contributed by atoms with Gasteiger partial charge in [-0.1, -0.05) is 40.0 Å². The van der Waals surface area contributed by atoms with E-state index in [1.54, 1.807) is 6.92 Å². The molecular weight excluding hydrogens is 214 g/mol. The molecule has 0 saturated carbocycles. The molecule has 17 heavy (non-hydrogen) atoms. The lowest BCUT2D eigenvalue weighted by Crippen LogP contribution is -2.34. The average molecular weight is 243 g/mol. The SMILES string of the molecule is CCCCCC(C)(C)CNC(=O)CCC(C)O. The Bertz CT molecular complexity index is 212. The number of aliphatic hydroxyl groups excluding tert-OH is 1. The molecule has 1 amide bonds. The van der Waals surface area contributed by atoms with Gasteiger partial charge in [-0.15, -0.1) is 0 Å². The van der Waals surface area contributed by atoms with E-state index in [2.05, 4.69) is 26.1 Å². The van der Waals surface area contributed by atoms with Gasteiger partial charge in [0.1, 0.15) is 0 Å². The molecule has 1 unspecified atom stereocenters. The van der Waals surface area contributed by atoms with Gasteiger partial charge in [0.05, 0.1) is 6.10 Å². The van der Waals surface area contributed by atoms with E-state index in [-0.39, 0.29) is 11.3 Å². The lowest BCUT2D eigenvalue weighted by Gasteiger charge is -2.25. The minimum Gasteiger partial charge on any atom is -0.393 e. The summed E-state index contributed by atoms with van der Waals surface area (Å²) in [6, 6.07) is 0. The van der Waals surface area contributed by atoms with E-state index in [1.807, 2.05) is 0 Å². The number of unbranched alkanes of at least 4 members (excludes halogenated alkanes) is 2. The highest BCUT2D eigenvalue weighted by Crippen LogP contribution is 2.22. The molecule has 0 spiro atoms. The van der Waals surface area contributed by atoms with Gasteiger partial charge in [0, 0.05) is 13.0 Å². The molecule has 1 atom stereocenters. The minimum atomic E-state index is -0.390. The van der Waals surface area contributed by atoms with Crippen LogP contribution in [-0.2, 0) is 4.79 Å². The Morgan fingerprint density at radius 2 is 2.00 bits per heavy atom. The molecule has 102 valence electrons. The maximum atomic E-state index is 11.5. The van der Waals surface area contributed by atoms with Crippen molar-refractivity contribution in [2.24, 2.45) is 5.41 Å². The molecular formula is C14H29NO2. The average Bonchev–Trinajstić information content (AvgIpc) is 2.24. The molecule has 2 N–H and O–H groups in total. The topological polar surface area (TPSA) is 49.3 Å². The second-order valence-corrected chi connectivity index (χ2v) is 5.79. The molecule has 3 heteroatoms. The maximum absolute atomic E-state index is 11.5. The van der Waals surface area contributed by atoms with E-state index >= 15 is 0 Å². The number of amides is 1. The lowest BCUT2D eigenvalue weighted by molar-refractivity contribution is -0.122. The van der Waals surface area contributed by atoms with Crippen molar-refractivity contribution < 1.29 is 9.90 Å². The van der Waals surface area contributed by atoms with Crippen molar-refractivity contribution in [1.82, 2.24) is 5.32 Å². The van der Waals surface area contributed by atoms with E-state index < -0.39 is 6.10 Å². The number of aliphatic hydroxyl groups is 1. The summed E-state index contributed by atoms with van der Waals surface area (Å²) in [7, 11) is 0. The molecule has 0 heterocycles. The van der Waals surface area contributed by atoms with Gasteiger partial charge in [-0.05, 0) is 25.2 Å². The molecule has 0 rings (SSSR count). The number of nitrogens with one attached hydrogen (secondary N) is 1. The molecule has 0 radical (unpaired) electrons. The van der Waals surface area contributed by atoms with Crippen molar-refractivity contribution in [3.63, 3.8) is 0 Å². The van der Waals surface area contributed by atoms with Gasteiger partial charge in [-0.25, -0.2) is 0 Å². The first-order valence-corrected chi connectivity index (χ1v) is 6.82. The molecule has 0 saturated heterocycles. The molecule has 0 bridgehead atoms. The first-order valence-electron chi connectivity index (χ1n) is 6.82. The Balaban J connectivity index is 3.72. The molecule has 0 aliphatic rings. The van der Waals surface area contributed by atoms with Crippen molar-refractivity contribution in [1.29, 1.82) is 0 Å². The van der Waals surface area contributed by atoms with Crippen LogP contribution in [0.2, 0.25) is 0 Å². The highest BCUT2D eigenvalue weighted by Gasteiger charge is 2.18. The molecule has 0 aromatic heterocycles. The Morgan fingerprint density at radius 1 is 1.35 bits per heavy atom. The Morgan fingerprint density at radius 3 is 2.53 bits per heavy atom. The van der Waals surface area contributed by atoms with E-state index in [4.69, 9.17) is 5.11 Å². The highest BCUT2D eigenvalue weighted by atomic mass is 16.3. The minimum absolute atomic E-state index is 0.0504. The largest absolute Gasteiger partial charge is 0.393 e. The zero-order chi connectivity index (χ0) is 13.3. The summed E-state index contributed by atoms with van der Waals surface area (Å²) in [5.74, 6) is 0.0504. The van der Waals surface area contributed by atoms with Gasteiger partial charge in [-0.2, -0.15) is 0 Å². The van der Waals surface area contributed by atoms with Crippen LogP contribution in [0.3, 0.4) is 0 Å². The van der Waals surface area contributed by atoms with Crippen molar-refractivity contribution >= 4 is 5.91 Å². The van der Waals surface area contributed by atoms with Crippen LogP contribution in [0.4, 0.5) is 0 Å². The van der Waals surface area contributed by atoms with Gasteiger partial charge in [0.2, 0.25) is 5.91 Å². The monoisotopic (exact) mass is 243 g/mol. The van der Waals surface area contributed by atoms with Crippen LogP contribution >= 0.6 is 0 Å². The first kappa shape index (κ1) is 16.4. The third-order valence-electron chi connectivity index (χ3n) is 3.01.